The second-order valence-electron chi connectivity index (χ2n) is 5.27. The van der Waals surface area contributed by atoms with Crippen molar-refractivity contribution in [3.05, 3.63) is 75.2 Å². The number of rotatable bonds is 5. The van der Waals surface area contributed by atoms with Crippen molar-refractivity contribution < 1.29 is 4.79 Å². The Morgan fingerprint density at radius 3 is 2.81 bits per heavy atom. The Kier molecular flexibility index (Phi) is 5.46. The third-order valence-electron chi connectivity index (χ3n) is 3.54. The van der Waals surface area contributed by atoms with Gasteiger partial charge >= 0.3 is 0 Å². The molecule has 0 bridgehead atoms. The van der Waals surface area contributed by atoms with Crippen LogP contribution in [0.2, 0.25) is 0 Å². The summed E-state index contributed by atoms with van der Waals surface area (Å²) >= 11 is 4.82. The van der Waals surface area contributed by atoms with Crippen molar-refractivity contribution in [2.75, 3.05) is 5.32 Å². The van der Waals surface area contributed by atoms with Crippen LogP contribution in [-0.2, 0) is 0 Å². The number of thiazole rings is 1. The van der Waals surface area contributed by atoms with E-state index in [0.717, 1.165) is 15.7 Å². The van der Waals surface area contributed by atoms with Crippen molar-refractivity contribution in [2.24, 2.45) is 5.73 Å². The number of primary amides is 1. The van der Waals surface area contributed by atoms with E-state index in [1.165, 1.54) is 17.5 Å². The average molecular weight is 425 g/mol. The molecule has 3 aromatic rings. The van der Waals surface area contributed by atoms with Crippen LogP contribution < -0.4 is 11.1 Å². The predicted molar refractivity (Wildman–Crippen MR) is 107 cm³/mol. The molecule has 5 nitrogen and oxygen atoms in total. The molecule has 7 heteroatoms. The number of amides is 1. The lowest BCUT2D eigenvalue weighted by atomic mass is 10.1. The largest absolute Gasteiger partial charge is 0.366 e. The zero-order valence-corrected chi connectivity index (χ0v) is 15.8. The summed E-state index contributed by atoms with van der Waals surface area (Å²) in [5.41, 5.74) is 8.39. The summed E-state index contributed by atoms with van der Waals surface area (Å²) in [4.78, 5) is 16.0. The fraction of sp³-hybridized carbons (Fsp3) is 0. The van der Waals surface area contributed by atoms with Gasteiger partial charge in [-0.3, -0.25) is 4.79 Å². The third-order valence-corrected chi connectivity index (χ3v) is 4.91. The maximum atomic E-state index is 11.5. The van der Waals surface area contributed by atoms with Crippen LogP contribution in [-0.4, -0.2) is 10.9 Å². The highest BCUT2D eigenvalue weighted by molar-refractivity contribution is 9.10. The van der Waals surface area contributed by atoms with Gasteiger partial charge in [-0.2, -0.15) is 5.26 Å². The van der Waals surface area contributed by atoms with Gasteiger partial charge in [0, 0.05) is 21.6 Å². The number of aromatic nitrogens is 1. The first kappa shape index (κ1) is 17.9. The Morgan fingerprint density at radius 1 is 1.27 bits per heavy atom. The van der Waals surface area contributed by atoms with Crippen molar-refractivity contribution in [1.29, 1.82) is 5.26 Å². The fourth-order valence-electron chi connectivity index (χ4n) is 2.29. The topological polar surface area (TPSA) is 91.8 Å². The summed E-state index contributed by atoms with van der Waals surface area (Å²) in [6.45, 7) is 0. The van der Waals surface area contributed by atoms with E-state index in [0.29, 0.717) is 21.8 Å². The molecule has 0 fully saturated rings. The number of anilines is 1. The highest BCUT2D eigenvalue weighted by atomic mass is 79.9. The number of nitrogens with two attached hydrogens (primary N) is 1. The molecule has 128 valence electrons. The van der Waals surface area contributed by atoms with Gasteiger partial charge in [-0.05, 0) is 24.3 Å². The molecular weight excluding hydrogens is 412 g/mol. The maximum Gasteiger partial charge on any atom is 0.250 e. The molecule has 0 unspecified atom stereocenters. The molecule has 0 atom stereocenters. The molecule has 3 rings (SSSR count). The molecular formula is C19H13BrN4OS. The van der Waals surface area contributed by atoms with Gasteiger partial charge in [-0.15, -0.1) is 11.3 Å². The second-order valence-corrected chi connectivity index (χ2v) is 7.05. The maximum absolute atomic E-state index is 11.5. The number of nitriles is 1. The van der Waals surface area contributed by atoms with Crippen molar-refractivity contribution in [2.45, 2.75) is 0 Å². The van der Waals surface area contributed by atoms with E-state index >= 15 is 0 Å². The molecule has 0 aliphatic carbocycles. The minimum absolute atomic E-state index is 0.356. The molecule has 1 heterocycles. The smallest absolute Gasteiger partial charge is 0.250 e. The van der Waals surface area contributed by atoms with Gasteiger partial charge in [0.2, 0.25) is 0 Å². The fourth-order valence-corrected chi connectivity index (χ4v) is 3.49. The first-order chi connectivity index (χ1) is 12.6. The first-order valence-corrected chi connectivity index (χ1v) is 9.23. The molecule has 2 aromatic carbocycles. The number of allylic oxidation sites excluding steroid dienone is 1. The van der Waals surface area contributed by atoms with Gasteiger partial charge in [-0.25, -0.2) is 4.98 Å². The molecule has 0 aliphatic heterocycles. The third kappa shape index (κ3) is 3.99. The number of carbonyl (C=O) groups is 1. The van der Waals surface area contributed by atoms with Crippen LogP contribution in [0.15, 0.2) is 64.6 Å². The molecule has 26 heavy (non-hydrogen) atoms. The lowest BCUT2D eigenvalue weighted by Crippen LogP contribution is -2.13. The predicted octanol–water partition coefficient (Wildman–Crippen LogP) is 4.65. The molecule has 0 radical (unpaired) electrons. The summed E-state index contributed by atoms with van der Waals surface area (Å²) < 4.78 is 0.963. The van der Waals surface area contributed by atoms with Crippen LogP contribution >= 0.6 is 27.3 Å². The van der Waals surface area contributed by atoms with Gasteiger partial charge in [-0.1, -0.05) is 40.2 Å². The average Bonchev–Trinajstić information content (AvgIpc) is 3.12. The summed E-state index contributed by atoms with van der Waals surface area (Å²) in [6.07, 6.45) is 1.53. The van der Waals surface area contributed by atoms with Crippen LogP contribution in [0.3, 0.4) is 0 Å². The lowest BCUT2D eigenvalue weighted by molar-refractivity contribution is 0.100. The molecule has 0 saturated carbocycles. The van der Waals surface area contributed by atoms with Crippen molar-refractivity contribution in [1.82, 2.24) is 4.98 Å². The number of nitrogens with zero attached hydrogens (tertiary/aromatic N) is 2. The normalized spacial score (nSPS) is 11.0. The van der Waals surface area contributed by atoms with Crippen LogP contribution in [0.25, 0.3) is 16.8 Å². The molecule has 3 N–H and O–H groups in total. The Bertz CT molecular complexity index is 1040. The lowest BCUT2D eigenvalue weighted by Gasteiger charge is -2.06. The summed E-state index contributed by atoms with van der Waals surface area (Å²) in [5.74, 6) is -0.536. The van der Waals surface area contributed by atoms with Gasteiger partial charge in [0.05, 0.1) is 16.9 Å². The molecule has 0 spiro atoms. The van der Waals surface area contributed by atoms with Crippen LogP contribution in [0.5, 0.6) is 0 Å². The Balaban J connectivity index is 1.87. The highest BCUT2D eigenvalue weighted by Crippen LogP contribution is 2.28. The zero-order chi connectivity index (χ0) is 18.5. The van der Waals surface area contributed by atoms with E-state index in [1.54, 1.807) is 24.3 Å². The van der Waals surface area contributed by atoms with E-state index in [-0.39, 0.29) is 0 Å². The summed E-state index contributed by atoms with van der Waals surface area (Å²) in [5, 5.41) is 14.9. The second kappa shape index (κ2) is 7.95. The highest BCUT2D eigenvalue weighted by Gasteiger charge is 2.10. The first-order valence-electron chi connectivity index (χ1n) is 7.56. The number of nitrogens with one attached hydrogen (secondary N) is 1. The number of carbonyl (C=O) groups excluding carboxylic acids is 1. The monoisotopic (exact) mass is 424 g/mol. The van der Waals surface area contributed by atoms with E-state index in [4.69, 9.17) is 5.73 Å². The van der Waals surface area contributed by atoms with Crippen LogP contribution in [0.4, 0.5) is 5.69 Å². The van der Waals surface area contributed by atoms with Gasteiger partial charge in [0.15, 0.2) is 0 Å². The minimum atomic E-state index is -0.536. The zero-order valence-electron chi connectivity index (χ0n) is 13.4. The number of hydrogen-bond donors (Lipinski definition) is 2. The van der Waals surface area contributed by atoms with Crippen molar-refractivity contribution >= 4 is 44.4 Å². The quantitative estimate of drug-likeness (QED) is 0.583. The summed E-state index contributed by atoms with van der Waals surface area (Å²) in [7, 11) is 0. The SMILES string of the molecule is N#C/C(=C\Nc1ccccc1C(N)=O)c1nc(-c2cccc(Br)c2)cs1. The molecule has 0 aliphatic rings. The van der Waals surface area contributed by atoms with E-state index in [1.807, 2.05) is 29.6 Å². The molecule has 1 amide bonds. The molecule has 0 saturated heterocycles. The van der Waals surface area contributed by atoms with Gasteiger partial charge in [0.25, 0.3) is 5.91 Å². The van der Waals surface area contributed by atoms with Crippen molar-refractivity contribution in [3.8, 4) is 17.3 Å². The van der Waals surface area contributed by atoms with Crippen molar-refractivity contribution in [3.63, 3.8) is 0 Å². The van der Waals surface area contributed by atoms with Gasteiger partial charge < -0.3 is 11.1 Å². The van der Waals surface area contributed by atoms with Gasteiger partial charge in [0.1, 0.15) is 16.6 Å². The number of para-hydroxylation sites is 1. The Labute approximate surface area is 162 Å². The van der Waals surface area contributed by atoms with E-state index in [2.05, 4.69) is 32.3 Å². The summed E-state index contributed by atoms with van der Waals surface area (Å²) in [6, 6.07) is 16.8. The number of halogens is 1. The van der Waals surface area contributed by atoms with E-state index in [9.17, 15) is 10.1 Å². The minimum Gasteiger partial charge on any atom is -0.366 e. The Hall–Kier alpha value is -2.95. The van der Waals surface area contributed by atoms with Crippen LogP contribution in [0, 0.1) is 11.3 Å². The Morgan fingerprint density at radius 2 is 2.08 bits per heavy atom. The molecule has 1 aromatic heterocycles. The standard InChI is InChI=1S/C19H13BrN4OS/c20-14-5-3-4-12(8-14)17-11-26-19(24-17)13(9-21)10-23-16-7-2-1-6-15(16)18(22)25/h1-8,10-11,23H,(H2,22,25)/b13-10+. The van der Waals surface area contributed by atoms with E-state index < -0.39 is 5.91 Å². The number of benzene rings is 2. The van der Waals surface area contributed by atoms with Crippen LogP contribution in [0.1, 0.15) is 15.4 Å². The number of hydrogen-bond acceptors (Lipinski definition) is 5.